The summed E-state index contributed by atoms with van der Waals surface area (Å²) >= 11 is 0. The van der Waals surface area contributed by atoms with Crippen LogP contribution in [0.5, 0.6) is 0 Å². The van der Waals surface area contributed by atoms with E-state index in [1.54, 1.807) is 6.08 Å². The Bertz CT molecular complexity index is 1750. The molecule has 18 unspecified atom stereocenters. The molecule has 0 aromatic rings. The largest absolute Gasteiger partial charge is 0.477 e. The number of nitrogens with one attached hydrogen (secondary N) is 2. The number of ether oxygens (including phenoxy) is 6. The maximum Gasteiger partial charge on any atom is 0.364 e. The normalized spacial score (nSPS) is 30.8. The molecule has 0 bridgehead atoms. The Morgan fingerprint density at radius 1 is 0.650 bits per heavy atom. The lowest BCUT2D eigenvalue weighted by atomic mass is 9.88. The van der Waals surface area contributed by atoms with Gasteiger partial charge in [-0.3, -0.25) is 9.59 Å². The first-order chi connectivity index (χ1) is 38.4. The van der Waals surface area contributed by atoms with Gasteiger partial charge in [0.05, 0.1) is 50.7 Å². The quantitative estimate of drug-likeness (QED) is 0.0308. The van der Waals surface area contributed by atoms with E-state index in [1.165, 1.54) is 83.5 Å². The first kappa shape index (κ1) is 71.5. The zero-order valence-corrected chi connectivity index (χ0v) is 47.7. The fourth-order valence-corrected chi connectivity index (χ4v) is 10.3. The number of hydrogen-bond acceptors (Lipinski definition) is 20. The van der Waals surface area contributed by atoms with Crippen LogP contribution in [0.15, 0.2) is 24.3 Å². The average molecular weight is 1150 g/mol. The van der Waals surface area contributed by atoms with Crippen LogP contribution < -0.4 is 10.6 Å². The zero-order chi connectivity index (χ0) is 59.0. The third kappa shape index (κ3) is 24.1. The fourth-order valence-electron chi connectivity index (χ4n) is 10.3. The molecular formula is C57H102N2O21. The van der Waals surface area contributed by atoms with Crippen LogP contribution in [0, 0.1) is 0 Å². The van der Waals surface area contributed by atoms with E-state index in [9.17, 15) is 75.7 Å². The minimum Gasteiger partial charge on any atom is -0.477 e. The van der Waals surface area contributed by atoms with Crippen molar-refractivity contribution in [3.63, 3.8) is 0 Å². The monoisotopic (exact) mass is 1150 g/mol. The SMILES string of the molecule is CCCCCC/C=C\CCCC(=O)NC(COC1OC(CO)C(OC2OC(CO)C(O)C(OC3(C(=O)O)CC(O)C(NC(C)=O)C(C(O)C(O)CO)O3)C2O)C(O)C1O)C(O)/C=C/CCCCCCCCCCCCCCCCC. The summed E-state index contributed by atoms with van der Waals surface area (Å²) in [6, 6.07) is -2.63. The van der Waals surface area contributed by atoms with Gasteiger partial charge in [0.15, 0.2) is 12.6 Å². The minimum atomic E-state index is -3.08. The summed E-state index contributed by atoms with van der Waals surface area (Å²) in [5.41, 5.74) is 0. The number of hydrogen-bond donors (Lipinski definition) is 14. The van der Waals surface area contributed by atoms with Crippen LogP contribution in [0.3, 0.4) is 0 Å². The van der Waals surface area contributed by atoms with E-state index in [1.807, 2.05) is 6.08 Å². The van der Waals surface area contributed by atoms with E-state index in [0.717, 1.165) is 51.9 Å². The summed E-state index contributed by atoms with van der Waals surface area (Å²) in [6.45, 7) is 2.02. The topological polar surface area (TPSA) is 373 Å². The summed E-state index contributed by atoms with van der Waals surface area (Å²) in [5, 5.41) is 135. The van der Waals surface area contributed by atoms with E-state index in [4.69, 9.17) is 28.4 Å². The molecule has 3 rings (SSSR count). The van der Waals surface area contributed by atoms with Gasteiger partial charge in [0.25, 0.3) is 5.79 Å². The molecule has 18 atom stereocenters. The summed E-state index contributed by atoms with van der Waals surface area (Å²) in [6.07, 6.45) is 4.25. The van der Waals surface area contributed by atoms with Gasteiger partial charge in [-0.1, -0.05) is 147 Å². The molecule has 14 N–H and O–H groups in total. The van der Waals surface area contributed by atoms with Crippen LogP contribution in [-0.2, 0) is 42.8 Å². The Labute approximate surface area is 473 Å². The predicted octanol–water partition coefficient (Wildman–Crippen LogP) is 2.16. The van der Waals surface area contributed by atoms with E-state index in [2.05, 4.69) is 36.6 Å². The minimum absolute atomic E-state index is 0.151. The second-order valence-corrected chi connectivity index (χ2v) is 21.9. The molecule has 0 spiro atoms. The van der Waals surface area contributed by atoms with Gasteiger partial charge in [-0.25, -0.2) is 4.79 Å². The number of amides is 2. The lowest BCUT2D eigenvalue weighted by Gasteiger charge is -2.50. The molecule has 3 fully saturated rings. The molecule has 0 aromatic carbocycles. The second-order valence-electron chi connectivity index (χ2n) is 21.9. The van der Waals surface area contributed by atoms with Gasteiger partial charge in [-0.05, 0) is 38.5 Å². The van der Waals surface area contributed by atoms with Crippen molar-refractivity contribution in [1.82, 2.24) is 10.6 Å². The van der Waals surface area contributed by atoms with Gasteiger partial charge in [0.2, 0.25) is 11.8 Å². The van der Waals surface area contributed by atoms with Crippen LogP contribution in [-0.4, -0.2) is 215 Å². The van der Waals surface area contributed by atoms with Crippen molar-refractivity contribution < 1.29 is 104 Å². The van der Waals surface area contributed by atoms with Crippen molar-refractivity contribution in [3.8, 4) is 0 Å². The maximum absolute atomic E-state index is 13.3. The van der Waals surface area contributed by atoms with E-state index in [-0.39, 0.29) is 12.3 Å². The number of carbonyl (C=O) groups is 3. The van der Waals surface area contributed by atoms with Crippen LogP contribution in [0.4, 0.5) is 0 Å². The number of aliphatic hydroxyl groups excluding tert-OH is 11. The number of carboxylic acid groups (broad SMARTS) is 1. The van der Waals surface area contributed by atoms with Crippen molar-refractivity contribution in [3.05, 3.63) is 24.3 Å². The number of carbonyl (C=O) groups excluding carboxylic acids is 2. The van der Waals surface area contributed by atoms with Gasteiger partial charge in [-0.15, -0.1) is 0 Å². The highest BCUT2D eigenvalue weighted by Crippen LogP contribution is 2.38. The number of carboxylic acids is 1. The number of allylic oxidation sites excluding steroid dienone is 3. The first-order valence-corrected chi connectivity index (χ1v) is 29.7. The Kier molecular flexibility index (Phi) is 35.5. The van der Waals surface area contributed by atoms with Gasteiger partial charge >= 0.3 is 5.97 Å². The van der Waals surface area contributed by atoms with Crippen LogP contribution in [0.2, 0.25) is 0 Å². The summed E-state index contributed by atoms with van der Waals surface area (Å²) in [4.78, 5) is 38.2. The predicted molar refractivity (Wildman–Crippen MR) is 292 cm³/mol. The van der Waals surface area contributed by atoms with Gasteiger partial charge < -0.3 is 100 Å². The molecule has 3 aliphatic heterocycles. The smallest absolute Gasteiger partial charge is 0.364 e. The molecular weight excluding hydrogens is 1050 g/mol. The Balaban J connectivity index is 1.68. The molecule has 0 radical (unpaired) electrons. The van der Waals surface area contributed by atoms with Crippen molar-refractivity contribution in [2.75, 3.05) is 26.4 Å². The van der Waals surface area contributed by atoms with Crippen molar-refractivity contribution in [1.29, 1.82) is 0 Å². The van der Waals surface area contributed by atoms with E-state index in [0.29, 0.717) is 19.3 Å². The number of aliphatic hydroxyl groups is 11. The summed E-state index contributed by atoms with van der Waals surface area (Å²) in [7, 11) is 0. The lowest BCUT2D eigenvalue weighted by Crippen LogP contribution is -2.70. The highest BCUT2D eigenvalue weighted by Gasteiger charge is 2.60. The van der Waals surface area contributed by atoms with Crippen LogP contribution in [0.1, 0.15) is 181 Å². The van der Waals surface area contributed by atoms with E-state index >= 15 is 0 Å². The second kappa shape index (κ2) is 39.7. The van der Waals surface area contributed by atoms with Crippen molar-refractivity contribution in [2.24, 2.45) is 0 Å². The Morgan fingerprint density at radius 3 is 1.71 bits per heavy atom. The molecule has 80 heavy (non-hydrogen) atoms. The maximum atomic E-state index is 13.3. The number of unbranched alkanes of at least 4 members (excludes halogenated alkanes) is 20. The van der Waals surface area contributed by atoms with Gasteiger partial charge in [0.1, 0.15) is 67.1 Å². The summed E-state index contributed by atoms with van der Waals surface area (Å²) in [5.74, 6) is -6.18. The lowest BCUT2D eigenvalue weighted by molar-refractivity contribution is -0.386. The molecule has 0 saturated carbocycles. The Morgan fingerprint density at radius 2 is 1.18 bits per heavy atom. The third-order valence-corrected chi connectivity index (χ3v) is 15.1. The van der Waals surface area contributed by atoms with Gasteiger partial charge in [0, 0.05) is 19.8 Å². The number of aliphatic carboxylic acids is 1. The summed E-state index contributed by atoms with van der Waals surface area (Å²) < 4.78 is 34.6. The third-order valence-electron chi connectivity index (χ3n) is 15.1. The molecule has 23 nitrogen and oxygen atoms in total. The first-order valence-electron chi connectivity index (χ1n) is 29.7. The average Bonchev–Trinajstić information content (AvgIpc) is 3.54. The molecule has 3 aliphatic rings. The molecule has 2 amide bonds. The van der Waals surface area contributed by atoms with Crippen LogP contribution in [0.25, 0.3) is 0 Å². The molecule has 3 heterocycles. The molecule has 0 aliphatic carbocycles. The molecule has 0 aromatic heterocycles. The highest BCUT2D eigenvalue weighted by atomic mass is 16.8. The zero-order valence-electron chi connectivity index (χ0n) is 47.7. The molecule has 3 saturated heterocycles. The molecule has 23 heteroatoms. The standard InChI is InChI=1S/C57H102N2O21/c1-4-6-8-10-12-14-15-16-17-18-19-20-21-23-24-26-28-30-39(64)38(59-44(67)31-29-27-25-22-13-11-9-7-5-2)36-75-54-49(71)48(70)51(43(35-62)77-54)78-55-50(72)53(47(69)42(34-61)76-55)80-57(56(73)74)32-40(65)45(58-37(3)63)52(79-57)46(68)41(66)33-60/h22,25,28,30,38-43,45-55,60-62,64-66,68-72H,4-21,23-24,26-27,29,31-36H2,1-3H3,(H,58,63)(H,59,67)(H,73,74)/b25-22-,30-28+. The highest BCUT2D eigenvalue weighted by molar-refractivity contribution is 5.77. The van der Waals surface area contributed by atoms with Crippen molar-refractivity contribution in [2.45, 2.75) is 291 Å². The van der Waals surface area contributed by atoms with Gasteiger partial charge in [-0.2, -0.15) is 0 Å². The Hall–Kier alpha value is -2.79. The van der Waals surface area contributed by atoms with Crippen LogP contribution >= 0.6 is 0 Å². The fraction of sp³-hybridized carbons (Fsp3) is 0.877. The molecule has 466 valence electrons. The number of rotatable bonds is 42. The van der Waals surface area contributed by atoms with Crippen molar-refractivity contribution >= 4 is 17.8 Å². The van der Waals surface area contributed by atoms with E-state index < -0.39 is 155 Å².